The minimum Gasteiger partial charge on any atom is -0.494 e. The van der Waals surface area contributed by atoms with Crippen LogP contribution >= 0.6 is 58.0 Å². The summed E-state index contributed by atoms with van der Waals surface area (Å²) < 4.78 is 11.0. The van der Waals surface area contributed by atoms with Crippen molar-refractivity contribution in [2.75, 3.05) is 41.4 Å². The highest BCUT2D eigenvalue weighted by Gasteiger charge is 2.27. The first-order valence-corrected chi connectivity index (χ1v) is 23.0. The summed E-state index contributed by atoms with van der Waals surface area (Å²) in [6, 6.07) is 19.9. The van der Waals surface area contributed by atoms with Crippen molar-refractivity contribution in [1.29, 1.82) is 0 Å². The van der Waals surface area contributed by atoms with Gasteiger partial charge in [0.15, 0.2) is 11.6 Å². The predicted octanol–water partition coefficient (Wildman–Crippen LogP) is 12.3. The van der Waals surface area contributed by atoms with Crippen molar-refractivity contribution in [1.82, 2.24) is 0 Å². The Balaban J connectivity index is 1.29. The SMILES string of the molecule is COc1c(NC(=O)c2cc(Cl)cc(N=NC(C(C)=O)C(=O)Nc3ccc(NC(=O)C(N=Nc4cc(Cl)cc(C(=O)Nc5cccc(C(C)Cl)c5OC)c4)C(C)=O)c(CCCl)c3)c2)cccc1C(C)Cl. The number of anilines is 4. The highest BCUT2D eigenvalue weighted by Crippen LogP contribution is 2.37. The molecule has 0 aliphatic carbocycles. The summed E-state index contributed by atoms with van der Waals surface area (Å²) in [7, 11) is 2.92. The number of alkyl halides is 3. The number of hydrogen-bond donors (Lipinski definition) is 4. The van der Waals surface area contributed by atoms with Crippen molar-refractivity contribution in [3.8, 4) is 11.5 Å². The lowest BCUT2D eigenvalue weighted by atomic mass is 10.1. The molecule has 0 aliphatic rings. The standard InChI is InChI=1S/C48H45Cl5N8O8/c1-24(50)36-9-7-11-39(43(36)68-5)56-45(64)29-17-31(52)22-34(20-29)58-60-41(26(3)62)47(66)54-33-13-14-38(28(19-33)15-16-49)55-48(67)42(27(4)63)61-59-35-21-30(18-32(53)23-35)46(65)57-40-12-8-10-37(25(2)51)44(40)69-6/h7-14,17-25,41-42H,15-16H2,1-6H3,(H,54,66)(H,55,67)(H,56,64)(H,57,65). The zero-order valence-corrected chi connectivity index (χ0v) is 41.6. The second-order valence-electron chi connectivity index (χ2n) is 15.1. The molecule has 0 bridgehead atoms. The zero-order chi connectivity index (χ0) is 50.5. The fraction of sp³-hybridized carbons (Fsp3) is 0.250. The first-order valence-electron chi connectivity index (χ1n) is 20.8. The van der Waals surface area contributed by atoms with E-state index in [9.17, 15) is 28.8 Å². The second kappa shape index (κ2) is 24.7. The number of ether oxygens (including phenoxy) is 2. The molecule has 0 spiro atoms. The van der Waals surface area contributed by atoms with Crippen LogP contribution in [-0.2, 0) is 25.6 Å². The molecule has 4 atom stereocenters. The number of nitrogens with zero attached hydrogens (tertiary/aromatic N) is 4. The van der Waals surface area contributed by atoms with E-state index < -0.39 is 58.0 Å². The Hall–Kier alpha value is -6.43. The number of amides is 4. The van der Waals surface area contributed by atoms with E-state index in [1.54, 1.807) is 50.2 Å². The Morgan fingerprint density at radius 3 is 1.43 bits per heavy atom. The highest BCUT2D eigenvalue weighted by molar-refractivity contribution is 6.32. The largest absolute Gasteiger partial charge is 0.494 e. The van der Waals surface area contributed by atoms with E-state index in [0.29, 0.717) is 39.6 Å². The molecule has 0 radical (unpaired) electrons. The quantitative estimate of drug-likeness (QED) is 0.0333. The van der Waals surface area contributed by atoms with Crippen molar-refractivity contribution < 1.29 is 38.2 Å². The average molecular weight is 1040 g/mol. The monoisotopic (exact) mass is 1040 g/mol. The number of methoxy groups -OCH3 is 2. The normalized spacial score (nSPS) is 13.0. The van der Waals surface area contributed by atoms with Gasteiger partial charge in [-0.3, -0.25) is 28.8 Å². The van der Waals surface area contributed by atoms with Crippen LogP contribution in [-0.4, -0.2) is 67.4 Å². The van der Waals surface area contributed by atoms with Crippen molar-refractivity contribution >= 4 is 127 Å². The number of carbonyl (C=O) groups excluding carboxylic acids is 6. The van der Waals surface area contributed by atoms with Gasteiger partial charge in [-0.05, 0) is 106 Å². The molecule has 4 N–H and O–H groups in total. The van der Waals surface area contributed by atoms with Crippen LogP contribution < -0.4 is 30.7 Å². The van der Waals surface area contributed by atoms with Crippen molar-refractivity contribution in [3.63, 3.8) is 0 Å². The maximum absolute atomic E-state index is 13.6. The molecule has 0 saturated carbocycles. The molecule has 0 saturated heterocycles. The van der Waals surface area contributed by atoms with Crippen LogP contribution in [0.1, 0.15) is 75.9 Å². The van der Waals surface area contributed by atoms with E-state index in [0.717, 1.165) is 13.8 Å². The van der Waals surface area contributed by atoms with Gasteiger partial charge in [-0.15, -0.1) is 34.8 Å². The van der Waals surface area contributed by atoms with Crippen LogP contribution in [0.15, 0.2) is 111 Å². The molecule has 5 aromatic rings. The Morgan fingerprint density at radius 2 is 1.03 bits per heavy atom. The molecule has 21 heteroatoms. The Kier molecular flexibility index (Phi) is 19.2. The molecule has 0 fully saturated rings. The van der Waals surface area contributed by atoms with Crippen molar-refractivity contribution in [3.05, 3.63) is 129 Å². The minimum absolute atomic E-state index is 0.0783. The number of carbonyl (C=O) groups is 6. The number of benzene rings is 5. The fourth-order valence-electron chi connectivity index (χ4n) is 6.70. The molecule has 5 rings (SSSR count). The molecular weight excluding hydrogens is 994 g/mol. The van der Waals surface area contributed by atoms with Crippen molar-refractivity contribution in [2.45, 2.75) is 57.0 Å². The molecule has 16 nitrogen and oxygen atoms in total. The van der Waals surface area contributed by atoms with E-state index in [1.165, 1.54) is 68.8 Å². The summed E-state index contributed by atoms with van der Waals surface area (Å²) in [6.45, 7) is 5.86. The highest BCUT2D eigenvalue weighted by atomic mass is 35.5. The number of para-hydroxylation sites is 2. The van der Waals surface area contributed by atoms with E-state index in [2.05, 4.69) is 41.7 Å². The van der Waals surface area contributed by atoms with Gasteiger partial charge in [0.2, 0.25) is 12.1 Å². The first kappa shape index (κ1) is 53.5. The predicted molar refractivity (Wildman–Crippen MR) is 269 cm³/mol. The lowest BCUT2D eigenvalue weighted by Gasteiger charge is -2.16. The van der Waals surface area contributed by atoms with Gasteiger partial charge < -0.3 is 30.7 Å². The third kappa shape index (κ3) is 14.3. The maximum Gasteiger partial charge on any atom is 0.258 e. The van der Waals surface area contributed by atoms with Gasteiger partial charge >= 0.3 is 0 Å². The number of Topliss-reactive ketones (excluding diaryl/α,β-unsaturated/α-hetero) is 2. The average Bonchev–Trinajstić information content (AvgIpc) is 3.29. The van der Waals surface area contributed by atoms with Crippen LogP contribution in [0.2, 0.25) is 10.0 Å². The van der Waals surface area contributed by atoms with E-state index in [-0.39, 0.29) is 56.2 Å². The number of hydrogen-bond acceptors (Lipinski definition) is 12. The van der Waals surface area contributed by atoms with Crippen LogP contribution in [0, 0.1) is 0 Å². The lowest BCUT2D eigenvalue weighted by molar-refractivity contribution is -0.127. The summed E-state index contributed by atoms with van der Waals surface area (Å²) in [5.41, 5.74) is 3.34. The third-order valence-electron chi connectivity index (χ3n) is 9.98. The molecule has 0 heterocycles. The smallest absolute Gasteiger partial charge is 0.258 e. The second-order valence-corrected chi connectivity index (χ2v) is 17.7. The number of azo groups is 2. The topological polar surface area (TPSA) is 218 Å². The first-order chi connectivity index (χ1) is 32.8. The zero-order valence-electron chi connectivity index (χ0n) is 37.8. The van der Waals surface area contributed by atoms with Gasteiger partial charge in [0.1, 0.15) is 11.5 Å². The van der Waals surface area contributed by atoms with E-state index >= 15 is 0 Å². The Morgan fingerprint density at radius 1 is 0.580 bits per heavy atom. The molecule has 69 heavy (non-hydrogen) atoms. The van der Waals surface area contributed by atoms with Gasteiger partial charge in [-0.2, -0.15) is 20.5 Å². The maximum atomic E-state index is 13.6. The van der Waals surface area contributed by atoms with E-state index in [1.807, 2.05) is 0 Å². The summed E-state index contributed by atoms with van der Waals surface area (Å²) in [5, 5.41) is 26.5. The molecule has 4 amide bonds. The number of nitrogens with one attached hydrogen (secondary N) is 4. The van der Waals surface area contributed by atoms with Gasteiger partial charge in [0.25, 0.3) is 23.6 Å². The third-order valence-corrected chi connectivity index (χ3v) is 11.1. The summed E-state index contributed by atoms with van der Waals surface area (Å²) in [5.74, 6) is -3.21. The molecule has 360 valence electrons. The molecule has 0 aromatic heterocycles. The molecule has 4 unspecified atom stereocenters. The van der Waals surface area contributed by atoms with Gasteiger partial charge in [0, 0.05) is 49.6 Å². The Bertz CT molecular complexity index is 2840. The molecule has 5 aromatic carbocycles. The van der Waals surface area contributed by atoms with Crippen molar-refractivity contribution in [2.24, 2.45) is 20.5 Å². The van der Waals surface area contributed by atoms with Gasteiger partial charge in [-0.1, -0.05) is 47.5 Å². The minimum atomic E-state index is -1.62. The van der Waals surface area contributed by atoms with E-state index in [4.69, 9.17) is 67.5 Å². The summed E-state index contributed by atoms with van der Waals surface area (Å²) >= 11 is 31.4. The van der Waals surface area contributed by atoms with Crippen LogP contribution in [0.5, 0.6) is 11.5 Å². The number of aryl methyl sites for hydroxylation is 1. The van der Waals surface area contributed by atoms with Crippen LogP contribution in [0.4, 0.5) is 34.1 Å². The number of ketones is 2. The Labute approximate surface area is 422 Å². The lowest BCUT2D eigenvalue weighted by Crippen LogP contribution is -2.32. The summed E-state index contributed by atoms with van der Waals surface area (Å²) in [4.78, 5) is 79.1. The van der Waals surface area contributed by atoms with Crippen LogP contribution in [0.25, 0.3) is 0 Å². The number of rotatable bonds is 20. The van der Waals surface area contributed by atoms with Gasteiger partial charge in [0.05, 0.1) is 47.7 Å². The molecular formula is C48H45Cl5N8O8. The molecule has 0 aliphatic heterocycles. The van der Waals surface area contributed by atoms with Crippen LogP contribution in [0.3, 0.4) is 0 Å². The van der Waals surface area contributed by atoms with Gasteiger partial charge in [-0.25, -0.2) is 0 Å². The number of halogens is 5. The summed E-state index contributed by atoms with van der Waals surface area (Å²) in [6.07, 6.45) is 0.201. The fourth-order valence-corrected chi connectivity index (χ4v) is 7.71.